The van der Waals surface area contributed by atoms with Crippen molar-refractivity contribution in [3.8, 4) is 0 Å². The Hall–Kier alpha value is -3.42. The number of ether oxygens (including phenoxy) is 1. The minimum atomic E-state index is -0.472. The lowest BCUT2D eigenvalue weighted by molar-refractivity contribution is -0.384. The van der Waals surface area contributed by atoms with Crippen LogP contribution in [0.4, 0.5) is 17.4 Å². The second kappa shape index (κ2) is 6.37. The Morgan fingerprint density at radius 3 is 2.71 bits per heavy atom. The van der Waals surface area contributed by atoms with Gasteiger partial charge in [0.1, 0.15) is 5.52 Å². The van der Waals surface area contributed by atoms with Gasteiger partial charge in [0.05, 0.1) is 17.1 Å². The maximum atomic E-state index is 11.7. The predicted molar refractivity (Wildman–Crippen MR) is 86.3 cm³/mol. The zero-order valence-electron chi connectivity index (χ0n) is 12.7. The van der Waals surface area contributed by atoms with Gasteiger partial charge in [-0.25, -0.2) is 4.79 Å². The first-order chi connectivity index (χ1) is 11.6. The van der Waals surface area contributed by atoms with Crippen LogP contribution in [-0.4, -0.2) is 22.5 Å². The van der Waals surface area contributed by atoms with Crippen LogP contribution >= 0.6 is 0 Å². The minimum Gasteiger partial charge on any atom is -0.462 e. The normalized spacial score (nSPS) is 10.5. The lowest BCUT2D eigenvalue weighted by atomic mass is 10.2. The molecule has 0 aliphatic heterocycles. The number of rotatable bonds is 5. The molecule has 0 aliphatic rings. The van der Waals surface area contributed by atoms with Crippen LogP contribution < -0.4 is 5.32 Å². The van der Waals surface area contributed by atoms with Crippen molar-refractivity contribution in [1.82, 2.24) is 4.98 Å². The number of anilines is 2. The quantitative estimate of drug-likeness (QED) is 0.433. The molecule has 3 aromatic rings. The third-order valence-electron chi connectivity index (χ3n) is 3.23. The second-order valence-corrected chi connectivity index (χ2v) is 4.85. The maximum Gasteiger partial charge on any atom is 0.338 e. The van der Waals surface area contributed by atoms with Gasteiger partial charge in [0, 0.05) is 17.8 Å². The van der Waals surface area contributed by atoms with Crippen molar-refractivity contribution in [2.75, 3.05) is 11.9 Å². The topological polar surface area (TPSA) is 108 Å². The Kier molecular flexibility index (Phi) is 4.11. The van der Waals surface area contributed by atoms with Gasteiger partial charge >= 0.3 is 5.97 Å². The largest absolute Gasteiger partial charge is 0.462 e. The summed E-state index contributed by atoms with van der Waals surface area (Å²) < 4.78 is 10.5. The van der Waals surface area contributed by atoms with Crippen LogP contribution in [0.3, 0.4) is 0 Å². The number of esters is 1. The van der Waals surface area contributed by atoms with Gasteiger partial charge in [0.25, 0.3) is 11.7 Å². The lowest BCUT2D eigenvalue weighted by Gasteiger charge is -2.00. The molecule has 3 rings (SSSR count). The Bertz CT molecular complexity index is 902. The first-order valence-electron chi connectivity index (χ1n) is 7.16. The van der Waals surface area contributed by atoms with E-state index in [0.29, 0.717) is 29.0 Å². The first-order valence-corrected chi connectivity index (χ1v) is 7.16. The molecule has 8 heteroatoms. The van der Waals surface area contributed by atoms with E-state index in [0.717, 1.165) is 0 Å². The Morgan fingerprint density at radius 2 is 2.04 bits per heavy atom. The number of nitrogens with zero attached hydrogens (tertiary/aromatic N) is 2. The number of benzene rings is 2. The van der Waals surface area contributed by atoms with Crippen molar-refractivity contribution in [2.24, 2.45) is 0 Å². The molecule has 0 fully saturated rings. The number of nitro benzene ring substituents is 1. The van der Waals surface area contributed by atoms with E-state index < -0.39 is 10.9 Å². The van der Waals surface area contributed by atoms with E-state index in [1.807, 2.05) is 0 Å². The Balaban J connectivity index is 1.82. The fourth-order valence-electron chi connectivity index (χ4n) is 2.11. The molecular formula is C16H13N3O5. The smallest absolute Gasteiger partial charge is 0.338 e. The van der Waals surface area contributed by atoms with E-state index in [9.17, 15) is 14.9 Å². The van der Waals surface area contributed by atoms with Gasteiger partial charge < -0.3 is 14.5 Å². The molecule has 1 N–H and O–H groups in total. The van der Waals surface area contributed by atoms with Gasteiger partial charge in [0.2, 0.25) is 0 Å². The van der Waals surface area contributed by atoms with E-state index in [1.54, 1.807) is 37.3 Å². The molecule has 0 radical (unpaired) electrons. The zero-order valence-corrected chi connectivity index (χ0v) is 12.7. The fourth-order valence-corrected chi connectivity index (χ4v) is 2.11. The van der Waals surface area contributed by atoms with Crippen LogP contribution in [0.15, 0.2) is 46.9 Å². The summed E-state index contributed by atoms with van der Waals surface area (Å²) in [5.41, 5.74) is 1.99. The number of nitro groups is 1. The number of aromatic nitrogens is 1. The maximum absolute atomic E-state index is 11.7. The molecule has 0 amide bonds. The molecule has 122 valence electrons. The summed E-state index contributed by atoms with van der Waals surface area (Å²) >= 11 is 0. The van der Waals surface area contributed by atoms with E-state index in [2.05, 4.69) is 10.3 Å². The average Bonchev–Trinajstić information content (AvgIpc) is 2.96. The van der Waals surface area contributed by atoms with E-state index in [4.69, 9.17) is 9.15 Å². The van der Waals surface area contributed by atoms with Gasteiger partial charge in [-0.15, -0.1) is 0 Å². The van der Waals surface area contributed by atoms with E-state index in [-0.39, 0.29) is 11.7 Å². The highest BCUT2D eigenvalue weighted by Crippen LogP contribution is 2.24. The van der Waals surface area contributed by atoms with Crippen LogP contribution in [0.2, 0.25) is 0 Å². The van der Waals surface area contributed by atoms with Crippen molar-refractivity contribution in [3.05, 3.63) is 58.1 Å². The molecule has 1 aromatic heterocycles. The molecule has 1 heterocycles. The van der Waals surface area contributed by atoms with Crippen molar-refractivity contribution in [3.63, 3.8) is 0 Å². The van der Waals surface area contributed by atoms with Gasteiger partial charge in [-0.2, -0.15) is 4.98 Å². The highest BCUT2D eigenvalue weighted by Gasteiger charge is 2.12. The van der Waals surface area contributed by atoms with E-state index >= 15 is 0 Å². The summed E-state index contributed by atoms with van der Waals surface area (Å²) in [6.07, 6.45) is 0. The summed E-state index contributed by atoms with van der Waals surface area (Å²) in [5, 5.41) is 13.6. The van der Waals surface area contributed by atoms with Crippen LogP contribution in [-0.2, 0) is 4.74 Å². The molecule has 0 bridgehead atoms. The third-order valence-corrected chi connectivity index (χ3v) is 3.23. The second-order valence-electron chi connectivity index (χ2n) is 4.85. The first kappa shape index (κ1) is 15.5. The van der Waals surface area contributed by atoms with E-state index in [1.165, 1.54) is 12.1 Å². The lowest BCUT2D eigenvalue weighted by Crippen LogP contribution is -2.03. The van der Waals surface area contributed by atoms with Gasteiger partial charge in [-0.1, -0.05) is 0 Å². The number of non-ortho nitro benzene ring substituents is 1. The number of oxazole rings is 1. The molecule has 0 atom stereocenters. The fraction of sp³-hybridized carbons (Fsp3) is 0.125. The molecule has 0 saturated carbocycles. The van der Waals surface area contributed by atoms with Gasteiger partial charge in [0.15, 0.2) is 5.58 Å². The van der Waals surface area contributed by atoms with Crippen molar-refractivity contribution >= 4 is 34.5 Å². The Morgan fingerprint density at radius 1 is 1.29 bits per heavy atom. The Labute approximate surface area is 136 Å². The zero-order chi connectivity index (χ0) is 17.1. The highest BCUT2D eigenvalue weighted by atomic mass is 16.6. The summed E-state index contributed by atoms with van der Waals surface area (Å²) in [7, 11) is 0. The van der Waals surface area contributed by atoms with Crippen molar-refractivity contribution in [2.45, 2.75) is 6.92 Å². The number of fused-ring (bicyclic) bond motifs is 1. The van der Waals surface area contributed by atoms with Crippen molar-refractivity contribution < 1.29 is 18.9 Å². The van der Waals surface area contributed by atoms with Crippen LogP contribution in [0.5, 0.6) is 0 Å². The van der Waals surface area contributed by atoms with Gasteiger partial charge in [-0.05, 0) is 37.3 Å². The molecule has 0 unspecified atom stereocenters. The third kappa shape index (κ3) is 3.17. The summed E-state index contributed by atoms with van der Waals surface area (Å²) in [6, 6.07) is 10.9. The summed E-state index contributed by atoms with van der Waals surface area (Å²) in [4.78, 5) is 26.1. The SMILES string of the molecule is CCOC(=O)c1ccc2oc(Nc3ccc([N+](=O)[O-])cc3)nc2c1. The van der Waals surface area contributed by atoms with Gasteiger partial charge in [-0.3, -0.25) is 10.1 Å². The highest BCUT2D eigenvalue weighted by molar-refractivity contribution is 5.93. The number of hydrogen-bond acceptors (Lipinski definition) is 7. The predicted octanol–water partition coefficient (Wildman–Crippen LogP) is 3.66. The van der Waals surface area contributed by atoms with Crippen LogP contribution in [0.25, 0.3) is 11.1 Å². The minimum absolute atomic E-state index is 0.00260. The molecular weight excluding hydrogens is 314 g/mol. The van der Waals surface area contributed by atoms with Crippen LogP contribution in [0, 0.1) is 10.1 Å². The number of nitrogens with one attached hydrogen (secondary N) is 1. The van der Waals surface area contributed by atoms with Crippen molar-refractivity contribution in [1.29, 1.82) is 0 Å². The standard InChI is InChI=1S/C16H13N3O5/c1-2-23-15(20)10-3-8-14-13(9-10)18-16(24-14)17-11-4-6-12(7-5-11)19(21)22/h3-9H,2H2,1H3,(H,17,18). The molecule has 0 spiro atoms. The number of carbonyl (C=O) groups excluding carboxylic acids is 1. The summed E-state index contributed by atoms with van der Waals surface area (Å²) in [6.45, 7) is 2.03. The molecule has 0 aliphatic carbocycles. The molecule has 8 nitrogen and oxygen atoms in total. The average molecular weight is 327 g/mol. The van der Waals surface area contributed by atoms with Crippen LogP contribution in [0.1, 0.15) is 17.3 Å². The summed E-state index contributed by atoms with van der Waals surface area (Å²) in [5.74, 6) is -0.424. The molecule has 0 saturated heterocycles. The molecule has 2 aromatic carbocycles. The number of hydrogen-bond donors (Lipinski definition) is 1. The monoisotopic (exact) mass is 327 g/mol. The molecule has 24 heavy (non-hydrogen) atoms. The number of carbonyl (C=O) groups is 1.